The van der Waals surface area contributed by atoms with Gasteiger partial charge in [-0.25, -0.2) is 4.98 Å². The second-order valence-electron chi connectivity index (χ2n) is 4.13. The van der Waals surface area contributed by atoms with E-state index in [2.05, 4.69) is 4.98 Å². The molecular formula is C13H13ClN2O2S. The van der Waals surface area contributed by atoms with E-state index in [1.807, 2.05) is 17.8 Å². The Hall–Kier alpha value is -1.46. The Morgan fingerprint density at radius 3 is 2.84 bits per heavy atom. The number of aromatic nitrogens is 2. The van der Waals surface area contributed by atoms with E-state index in [4.69, 9.17) is 11.6 Å². The average molecular weight is 297 g/mol. The molecule has 0 aliphatic rings. The minimum Gasteiger partial charge on any atom is -0.507 e. The Bertz CT molecular complexity index is 625. The number of aromatic hydroxyl groups is 1. The summed E-state index contributed by atoms with van der Waals surface area (Å²) in [5.41, 5.74) is 0.883. The number of halogens is 1. The van der Waals surface area contributed by atoms with Gasteiger partial charge in [0.2, 0.25) is 0 Å². The smallest absolute Gasteiger partial charge is 0.167 e. The summed E-state index contributed by atoms with van der Waals surface area (Å²) in [7, 11) is 1.90. The number of carbonyl (C=O) groups excluding carboxylic acids is 1. The number of Topliss-reactive ketones (excluding diaryl/α,β-unsaturated/α-hetero) is 1. The van der Waals surface area contributed by atoms with Crippen LogP contribution in [-0.4, -0.2) is 20.4 Å². The molecule has 2 aromatic rings. The zero-order valence-corrected chi connectivity index (χ0v) is 12.1. The lowest BCUT2D eigenvalue weighted by Crippen LogP contribution is -1.97. The molecule has 2 rings (SSSR count). The summed E-state index contributed by atoms with van der Waals surface area (Å²) in [5.74, 6) is 0.291. The van der Waals surface area contributed by atoms with E-state index in [0.717, 1.165) is 5.16 Å². The predicted molar refractivity (Wildman–Crippen MR) is 75.9 cm³/mol. The van der Waals surface area contributed by atoms with Crippen molar-refractivity contribution < 1.29 is 9.90 Å². The third kappa shape index (κ3) is 3.11. The van der Waals surface area contributed by atoms with E-state index >= 15 is 0 Å². The molecule has 0 aliphatic carbocycles. The Labute approximate surface area is 120 Å². The number of imidazole rings is 1. The van der Waals surface area contributed by atoms with Gasteiger partial charge in [-0.05, 0) is 19.1 Å². The number of hydrogen-bond donors (Lipinski definition) is 1. The van der Waals surface area contributed by atoms with Crippen LogP contribution in [0.2, 0.25) is 5.02 Å². The number of ketones is 1. The van der Waals surface area contributed by atoms with Gasteiger partial charge in [0.1, 0.15) is 5.75 Å². The lowest BCUT2D eigenvalue weighted by molar-refractivity contribution is 0.101. The molecule has 0 fully saturated rings. The number of aryl methyl sites for hydroxylation is 1. The third-order valence-electron chi connectivity index (χ3n) is 2.67. The van der Waals surface area contributed by atoms with E-state index in [-0.39, 0.29) is 17.1 Å². The van der Waals surface area contributed by atoms with E-state index in [1.54, 1.807) is 12.3 Å². The molecule has 0 amide bonds. The second kappa shape index (κ2) is 5.67. The molecule has 100 valence electrons. The maximum atomic E-state index is 11.4. The monoisotopic (exact) mass is 296 g/mol. The van der Waals surface area contributed by atoms with Crippen LogP contribution in [0.4, 0.5) is 0 Å². The van der Waals surface area contributed by atoms with Crippen LogP contribution in [0.1, 0.15) is 22.8 Å². The van der Waals surface area contributed by atoms with Gasteiger partial charge < -0.3 is 9.67 Å². The molecule has 0 saturated heterocycles. The summed E-state index contributed by atoms with van der Waals surface area (Å²) in [4.78, 5) is 15.6. The summed E-state index contributed by atoms with van der Waals surface area (Å²) < 4.78 is 1.89. The van der Waals surface area contributed by atoms with E-state index in [1.165, 1.54) is 24.8 Å². The Morgan fingerprint density at radius 1 is 1.53 bits per heavy atom. The zero-order valence-electron chi connectivity index (χ0n) is 10.6. The fourth-order valence-electron chi connectivity index (χ4n) is 1.67. The van der Waals surface area contributed by atoms with Gasteiger partial charge in [-0.2, -0.15) is 0 Å². The normalized spacial score (nSPS) is 10.7. The van der Waals surface area contributed by atoms with Crippen LogP contribution in [0.3, 0.4) is 0 Å². The zero-order chi connectivity index (χ0) is 14.0. The number of hydrogen-bond acceptors (Lipinski definition) is 4. The molecular weight excluding hydrogens is 284 g/mol. The van der Waals surface area contributed by atoms with Crippen molar-refractivity contribution in [2.24, 2.45) is 7.05 Å². The molecule has 19 heavy (non-hydrogen) atoms. The number of rotatable bonds is 4. The first kappa shape index (κ1) is 14.0. The third-order valence-corrected chi connectivity index (χ3v) is 3.99. The van der Waals surface area contributed by atoms with Gasteiger partial charge in [-0.15, -0.1) is 0 Å². The van der Waals surface area contributed by atoms with Crippen LogP contribution in [0.15, 0.2) is 29.7 Å². The Balaban J connectivity index is 2.25. The van der Waals surface area contributed by atoms with Crippen LogP contribution >= 0.6 is 23.4 Å². The van der Waals surface area contributed by atoms with Crippen LogP contribution in [0.25, 0.3) is 0 Å². The molecule has 0 saturated carbocycles. The Kier molecular flexibility index (Phi) is 4.17. The molecule has 6 heteroatoms. The fourth-order valence-corrected chi connectivity index (χ4v) is 2.81. The standard InChI is InChI=1S/C13H13ClN2O2S/c1-8(17)11-6-10(14)5-9(12(11)18)7-19-13-15-3-4-16(13)2/h3-6,18H,7H2,1-2H3. The van der Waals surface area contributed by atoms with Gasteiger partial charge in [0, 0.05) is 35.8 Å². The number of nitrogens with zero attached hydrogens (tertiary/aromatic N) is 2. The molecule has 0 radical (unpaired) electrons. The average Bonchev–Trinajstić information content (AvgIpc) is 2.75. The van der Waals surface area contributed by atoms with Crippen molar-refractivity contribution in [3.05, 3.63) is 40.7 Å². The number of benzene rings is 1. The van der Waals surface area contributed by atoms with Crippen LogP contribution in [0.5, 0.6) is 5.75 Å². The van der Waals surface area contributed by atoms with Gasteiger partial charge in [0.15, 0.2) is 10.9 Å². The van der Waals surface area contributed by atoms with Crippen molar-refractivity contribution in [1.82, 2.24) is 9.55 Å². The second-order valence-corrected chi connectivity index (χ2v) is 5.51. The minimum absolute atomic E-state index is 0.00129. The van der Waals surface area contributed by atoms with Crippen molar-refractivity contribution in [2.45, 2.75) is 17.8 Å². The first-order valence-corrected chi connectivity index (χ1v) is 6.98. The molecule has 0 unspecified atom stereocenters. The largest absolute Gasteiger partial charge is 0.507 e. The lowest BCUT2D eigenvalue weighted by atomic mass is 10.1. The molecule has 0 aliphatic heterocycles. The number of phenols is 1. The highest BCUT2D eigenvalue weighted by Gasteiger charge is 2.13. The summed E-state index contributed by atoms with van der Waals surface area (Å²) in [6, 6.07) is 3.15. The van der Waals surface area contributed by atoms with Gasteiger partial charge in [-0.3, -0.25) is 4.79 Å². The number of phenolic OH excluding ortho intramolecular Hbond substituents is 1. The fraction of sp³-hybridized carbons (Fsp3) is 0.231. The van der Waals surface area contributed by atoms with Gasteiger partial charge >= 0.3 is 0 Å². The minimum atomic E-state index is -0.205. The quantitative estimate of drug-likeness (QED) is 0.695. The van der Waals surface area contributed by atoms with Crippen LogP contribution in [-0.2, 0) is 12.8 Å². The maximum absolute atomic E-state index is 11.4. The predicted octanol–water partition coefficient (Wildman–Crippen LogP) is 3.27. The lowest BCUT2D eigenvalue weighted by Gasteiger charge is -2.09. The van der Waals surface area contributed by atoms with Crippen LogP contribution in [0, 0.1) is 0 Å². The van der Waals surface area contributed by atoms with Gasteiger partial charge in [-0.1, -0.05) is 23.4 Å². The molecule has 1 aromatic carbocycles. The molecule has 1 N–H and O–H groups in total. The SMILES string of the molecule is CC(=O)c1cc(Cl)cc(CSc2nccn2C)c1O. The van der Waals surface area contributed by atoms with Crippen LogP contribution < -0.4 is 0 Å². The first-order chi connectivity index (χ1) is 8.99. The van der Waals surface area contributed by atoms with Gasteiger partial charge in [0.25, 0.3) is 0 Å². The van der Waals surface area contributed by atoms with Crippen molar-refractivity contribution >= 4 is 29.1 Å². The molecule has 0 atom stereocenters. The molecule has 0 bridgehead atoms. The highest BCUT2D eigenvalue weighted by atomic mass is 35.5. The first-order valence-electron chi connectivity index (χ1n) is 5.61. The van der Waals surface area contributed by atoms with Crippen molar-refractivity contribution in [3.63, 3.8) is 0 Å². The maximum Gasteiger partial charge on any atom is 0.167 e. The van der Waals surface area contributed by atoms with Crippen molar-refractivity contribution in [3.8, 4) is 5.75 Å². The highest BCUT2D eigenvalue weighted by molar-refractivity contribution is 7.98. The summed E-state index contributed by atoms with van der Waals surface area (Å²) in [5, 5.41) is 11.3. The summed E-state index contributed by atoms with van der Waals surface area (Å²) in [6.45, 7) is 1.40. The van der Waals surface area contributed by atoms with E-state index in [9.17, 15) is 9.90 Å². The van der Waals surface area contributed by atoms with E-state index < -0.39 is 0 Å². The number of thioether (sulfide) groups is 1. The molecule has 1 heterocycles. The molecule has 0 spiro atoms. The number of carbonyl (C=O) groups is 1. The molecule has 1 aromatic heterocycles. The molecule has 4 nitrogen and oxygen atoms in total. The Morgan fingerprint density at radius 2 is 2.26 bits per heavy atom. The van der Waals surface area contributed by atoms with E-state index in [0.29, 0.717) is 16.3 Å². The highest BCUT2D eigenvalue weighted by Crippen LogP contribution is 2.32. The summed E-state index contributed by atoms with van der Waals surface area (Å²) >= 11 is 7.44. The van der Waals surface area contributed by atoms with Crippen molar-refractivity contribution in [2.75, 3.05) is 0 Å². The topological polar surface area (TPSA) is 55.1 Å². The summed E-state index contributed by atoms with van der Waals surface area (Å²) in [6.07, 6.45) is 3.56. The van der Waals surface area contributed by atoms with Gasteiger partial charge in [0.05, 0.1) is 5.56 Å². The van der Waals surface area contributed by atoms with Crippen molar-refractivity contribution in [1.29, 1.82) is 0 Å².